The second kappa shape index (κ2) is 6.43. The molecule has 1 unspecified atom stereocenters. The molecule has 0 aromatic carbocycles. The first kappa shape index (κ1) is 16.8. The maximum Gasteiger partial charge on any atom is 0.254 e. The lowest BCUT2D eigenvalue weighted by atomic mass is 10.0. The number of amides is 1. The fourth-order valence-corrected chi connectivity index (χ4v) is 2.87. The third-order valence-electron chi connectivity index (χ3n) is 4.27. The van der Waals surface area contributed by atoms with Crippen molar-refractivity contribution in [3.05, 3.63) is 41.6 Å². The van der Waals surface area contributed by atoms with Crippen molar-refractivity contribution in [2.24, 2.45) is 5.92 Å². The van der Waals surface area contributed by atoms with Crippen LogP contribution in [0.1, 0.15) is 61.3 Å². The first-order valence-electron chi connectivity index (χ1n) is 8.48. The van der Waals surface area contributed by atoms with Crippen LogP contribution in [0, 0.1) is 5.92 Å². The number of rotatable bonds is 7. The van der Waals surface area contributed by atoms with E-state index in [4.69, 9.17) is 4.42 Å². The number of carbonyl (C=O) groups is 1. The van der Waals surface area contributed by atoms with Gasteiger partial charge in [-0.05, 0) is 37.8 Å². The lowest BCUT2D eigenvalue weighted by Gasteiger charge is -2.21. The zero-order chi connectivity index (χ0) is 17.3. The summed E-state index contributed by atoms with van der Waals surface area (Å²) in [5.41, 5.74) is 0.402. The lowest BCUT2D eigenvalue weighted by molar-refractivity contribution is 0.0330. The summed E-state index contributed by atoms with van der Waals surface area (Å²) < 4.78 is 7.20. The molecule has 1 fully saturated rings. The van der Waals surface area contributed by atoms with Gasteiger partial charge < -0.3 is 14.8 Å². The van der Waals surface area contributed by atoms with Crippen molar-refractivity contribution in [1.82, 2.24) is 15.1 Å². The van der Waals surface area contributed by atoms with E-state index in [1.807, 2.05) is 4.68 Å². The van der Waals surface area contributed by atoms with Gasteiger partial charge in [0.05, 0.1) is 30.3 Å². The fraction of sp³-hybridized carbons (Fsp3) is 0.556. The standard InChI is InChI=1S/C18H25N3O3/c1-12(2)10-21-16(13-6-7-13)14(9-20-21)17(22)19-11-18(3,23)15-5-4-8-24-15/h4-5,8-9,12-13,23H,6-7,10-11H2,1-3H3,(H,19,22). The normalized spacial score (nSPS) is 17.0. The van der Waals surface area contributed by atoms with Crippen LogP contribution in [0.5, 0.6) is 0 Å². The van der Waals surface area contributed by atoms with Crippen molar-refractivity contribution in [3.8, 4) is 0 Å². The minimum absolute atomic E-state index is 0.0822. The Balaban J connectivity index is 1.72. The summed E-state index contributed by atoms with van der Waals surface area (Å²) in [5, 5.41) is 17.7. The van der Waals surface area contributed by atoms with Crippen LogP contribution in [-0.4, -0.2) is 27.3 Å². The van der Waals surface area contributed by atoms with Gasteiger partial charge in [0.25, 0.3) is 5.91 Å². The summed E-state index contributed by atoms with van der Waals surface area (Å²) in [4.78, 5) is 12.6. The average Bonchev–Trinajstić information content (AvgIpc) is 3.03. The van der Waals surface area contributed by atoms with Crippen LogP contribution in [-0.2, 0) is 12.1 Å². The Labute approximate surface area is 141 Å². The van der Waals surface area contributed by atoms with Crippen LogP contribution >= 0.6 is 0 Å². The van der Waals surface area contributed by atoms with Gasteiger partial charge in [-0.2, -0.15) is 5.10 Å². The first-order valence-corrected chi connectivity index (χ1v) is 8.48. The molecular formula is C18H25N3O3. The molecule has 130 valence electrons. The smallest absolute Gasteiger partial charge is 0.254 e. The number of hydrogen-bond acceptors (Lipinski definition) is 4. The Morgan fingerprint density at radius 1 is 1.54 bits per heavy atom. The number of hydrogen-bond donors (Lipinski definition) is 2. The van der Waals surface area contributed by atoms with Gasteiger partial charge in [-0.1, -0.05) is 13.8 Å². The largest absolute Gasteiger partial charge is 0.466 e. The van der Waals surface area contributed by atoms with E-state index in [-0.39, 0.29) is 12.5 Å². The monoisotopic (exact) mass is 331 g/mol. The Morgan fingerprint density at radius 2 is 2.29 bits per heavy atom. The van der Waals surface area contributed by atoms with Crippen molar-refractivity contribution >= 4 is 5.91 Å². The molecule has 0 bridgehead atoms. The van der Waals surface area contributed by atoms with E-state index in [1.165, 1.54) is 6.26 Å². The highest BCUT2D eigenvalue weighted by Gasteiger charge is 2.33. The van der Waals surface area contributed by atoms with E-state index in [0.717, 1.165) is 25.1 Å². The summed E-state index contributed by atoms with van der Waals surface area (Å²) in [6.45, 7) is 6.79. The maximum absolute atomic E-state index is 12.6. The van der Waals surface area contributed by atoms with E-state index < -0.39 is 5.60 Å². The molecule has 6 nitrogen and oxygen atoms in total. The lowest BCUT2D eigenvalue weighted by Crippen LogP contribution is -2.38. The highest BCUT2D eigenvalue weighted by Crippen LogP contribution is 2.41. The fourth-order valence-electron chi connectivity index (χ4n) is 2.87. The Kier molecular flexibility index (Phi) is 4.49. The van der Waals surface area contributed by atoms with E-state index >= 15 is 0 Å². The summed E-state index contributed by atoms with van der Waals surface area (Å²) in [6, 6.07) is 3.41. The molecule has 0 radical (unpaired) electrons. The van der Waals surface area contributed by atoms with E-state index in [0.29, 0.717) is 23.2 Å². The van der Waals surface area contributed by atoms with Gasteiger partial charge in [0.1, 0.15) is 11.4 Å². The molecule has 2 heterocycles. The summed E-state index contributed by atoms with van der Waals surface area (Å²) in [6.07, 6.45) is 5.36. The molecule has 1 saturated carbocycles. The van der Waals surface area contributed by atoms with Crippen molar-refractivity contribution in [2.75, 3.05) is 6.54 Å². The molecule has 2 aromatic rings. The van der Waals surface area contributed by atoms with Gasteiger partial charge in [0, 0.05) is 12.5 Å². The SMILES string of the molecule is CC(C)Cn1ncc(C(=O)NCC(C)(O)c2ccco2)c1C1CC1. The predicted octanol–water partition coefficient (Wildman–Crippen LogP) is 2.65. The van der Waals surface area contributed by atoms with E-state index in [2.05, 4.69) is 24.3 Å². The molecule has 1 aliphatic rings. The molecule has 0 saturated heterocycles. The topological polar surface area (TPSA) is 80.3 Å². The third-order valence-corrected chi connectivity index (χ3v) is 4.27. The minimum atomic E-state index is -1.24. The number of nitrogens with one attached hydrogen (secondary N) is 1. The summed E-state index contributed by atoms with van der Waals surface area (Å²) in [7, 11) is 0. The van der Waals surface area contributed by atoms with Crippen molar-refractivity contribution in [2.45, 2.75) is 51.7 Å². The highest BCUT2D eigenvalue weighted by atomic mass is 16.4. The molecule has 0 aliphatic heterocycles. The van der Waals surface area contributed by atoms with Crippen molar-refractivity contribution < 1.29 is 14.3 Å². The van der Waals surface area contributed by atoms with Crippen molar-refractivity contribution in [1.29, 1.82) is 0 Å². The molecule has 24 heavy (non-hydrogen) atoms. The Morgan fingerprint density at radius 3 is 2.88 bits per heavy atom. The molecule has 0 spiro atoms. The molecule has 6 heteroatoms. The van der Waals surface area contributed by atoms with Gasteiger partial charge in [-0.25, -0.2) is 0 Å². The summed E-state index contributed by atoms with van der Waals surface area (Å²) >= 11 is 0. The molecule has 1 atom stereocenters. The molecule has 3 rings (SSSR count). The molecule has 1 amide bonds. The third kappa shape index (κ3) is 3.53. The zero-order valence-corrected chi connectivity index (χ0v) is 14.5. The number of aromatic nitrogens is 2. The Hall–Kier alpha value is -2.08. The molecule has 1 aliphatic carbocycles. The van der Waals surface area contributed by atoms with Gasteiger partial charge in [-0.15, -0.1) is 0 Å². The first-order chi connectivity index (χ1) is 11.4. The number of aliphatic hydroxyl groups is 1. The van der Waals surface area contributed by atoms with Gasteiger partial charge in [0.2, 0.25) is 0 Å². The van der Waals surface area contributed by atoms with Crippen LogP contribution in [0.2, 0.25) is 0 Å². The van der Waals surface area contributed by atoms with Gasteiger partial charge >= 0.3 is 0 Å². The maximum atomic E-state index is 12.6. The van der Waals surface area contributed by atoms with Gasteiger partial charge in [-0.3, -0.25) is 9.48 Å². The van der Waals surface area contributed by atoms with E-state index in [1.54, 1.807) is 25.3 Å². The Bertz CT molecular complexity index is 697. The van der Waals surface area contributed by atoms with Crippen LogP contribution < -0.4 is 5.32 Å². The van der Waals surface area contributed by atoms with Crippen molar-refractivity contribution in [3.63, 3.8) is 0 Å². The minimum Gasteiger partial charge on any atom is -0.466 e. The van der Waals surface area contributed by atoms with Crippen LogP contribution in [0.25, 0.3) is 0 Å². The van der Waals surface area contributed by atoms with E-state index in [9.17, 15) is 9.90 Å². The molecular weight excluding hydrogens is 306 g/mol. The second-order valence-electron chi connectivity index (χ2n) is 7.23. The highest BCUT2D eigenvalue weighted by molar-refractivity contribution is 5.95. The summed E-state index contributed by atoms with van der Waals surface area (Å²) in [5.74, 6) is 1.13. The van der Waals surface area contributed by atoms with Crippen LogP contribution in [0.3, 0.4) is 0 Å². The molecule has 2 N–H and O–H groups in total. The quantitative estimate of drug-likeness (QED) is 0.817. The van der Waals surface area contributed by atoms with Gasteiger partial charge in [0.15, 0.2) is 0 Å². The zero-order valence-electron chi connectivity index (χ0n) is 14.5. The predicted molar refractivity (Wildman–Crippen MR) is 89.7 cm³/mol. The average molecular weight is 331 g/mol. The second-order valence-corrected chi connectivity index (χ2v) is 7.23. The van der Waals surface area contributed by atoms with Crippen LogP contribution in [0.15, 0.2) is 29.0 Å². The number of carbonyl (C=O) groups excluding carboxylic acids is 1. The molecule has 2 aromatic heterocycles. The van der Waals surface area contributed by atoms with Crippen LogP contribution in [0.4, 0.5) is 0 Å². The number of nitrogens with zero attached hydrogens (tertiary/aromatic N) is 2. The number of furan rings is 1.